The molecular weight excluding hydrogens is 176 g/mol. The zero-order chi connectivity index (χ0) is 9.97. The molecule has 0 fully saturated rings. The van der Waals surface area contributed by atoms with E-state index in [1.807, 2.05) is 13.0 Å². The molecule has 0 aliphatic rings. The van der Waals surface area contributed by atoms with Crippen molar-refractivity contribution < 1.29 is 5.11 Å². The van der Waals surface area contributed by atoms with Gasteiger partial charge in [-0.2, -0.15) is 0 Å². The lowest BCUT2D eigenvalue weighted by atomic mass is 10.1. The second-order valence-electron chi connectivity index (χ2n) is 3.18. The Morgan fingerprint density at radius 2 is 1.57 bits per heavy atom. The first kappa shape index (κ1) is 8.69. The summed E-state index contributed by atoms with van der Waals surface area (Å²) in [5.41, 5.74) is 2.93. The Morgan fingerprint density at radius 1 is 0.929 bits per heavy atom. The van der Waals surface area contributed by atoms with Crippen LogP contribution < -0.4 is 0 Å². The number of aryl methyl sites for hydroxylation is 1. The SMILES string of the molecule is Cc1cncc(-c2cncc(O)c2)c1. The molecule has 2 aromatic rings. The third-order valence-electron chi connectivity index (χ3n) is 1.93. The fourth-order valence-electron chi connectivity index (χ4n) is 1.30. The van der Waals surface area contributed by atoms with Crippen LogP contribution in [0.1, 0.15) is 5.56 Å². The highest BCUT2D eigenvalue weighted by atomic mass is 16.3. The standard InChI is InChI=1S/C11H10N2O/c1-8-2-9(5-12-4-8)10-3-11(14)7-13-6-10/h2-7,14H,1H3. The zero-order valence-corrected chi connectivity index (χ0v) is 7.81. The van der Waals surface area contributed by atoms with Gasteiger partial charge in [0.2, 0.25) is 0 Å². The Hall–Kier alpha value is -1.90. The van der Waals surface area contributed by atoms with E-state index >= 15 is 0 Å². The molecule has 0 amide bonds. The Kier molecular flexibility index (Phi) is 2.14. The minimum Gasteiger partial charge on any atom is -0.506 e. The molecule has 0 aliphatic heterocycles. The highest BCUT2D eigenvalue weighted by molar-refractivity contribution is 5.63. The van der Waals surface area contributed by atoms with Crippen molar-refractivity contribution >= 4 is 0 Å². The lowest BCUT2D eigenvalue weighted by molar-refractivity contribution is 0.473. The van der Waals surface area contributed by atoms with Crippen LogP contribution in [0.15, 0.2) is 36.9 Å². The highest BCUT2D eigenvalue weighted by Gasteiger charge is 1.99. The van der Waals surface area contributed by atoms with Crippen molar-refractivity contribution in [3.63, 3.8) is 0 Å². The Balaban J connectivity index is 2.49. The van der Waals surface area contributed by atoms with Gasteiger partial charge in [-0.25, -0.2) is 0 Å². The molecule has 0 saturated heterocycles. The molecule has 1 N–H and O–H groups in total. The lowest BCUT2D eigenvalue weighted by Crippen LogP contribution is -1.83. The van der Waals surface area contributed by atoms with Gasteiger partial charge in [-0.1, -0.05) is 0 Å². The van der Waals surface area contributed by atoms with Gasteiger partial charge in [0, 0.05) is 29.7 Å². The van der Waals surface area contributed by atoms with Crippen LogP contribution in [-0.2, 0) is 0 Å². The summed E-state index contributed by atoms with van der Waals surface area (Å²) in [5.74, 6) is 0.170. The van der Waals surface area contributed by atoms with Gasteiger partial charge in [0.25, 0.3) is 0 Å². The van der Waals surface area contributed by atoms with Crippen LogP contribution in [-0.4, -0.2) is 15.1 Å². The van der Waals surface area contributed by atoms with Crippen LogP contribution in [0.2, 0.25) is 0 Å². The van der Waals surface area contributed by atoms with E-state index in [1.165, 1.54) is 6.20 Å². The topological polar surface area (TPSA) is 46.0 Å². The average molecular weight is 186 g/mol. The van der Waals surface area contributed by atoms with E-state index in [9.17, 15) is 5.11 Å². The molecule has 0 aliphatic carbocycles. The minimum absolute atomic E-state index is 0.170. The molecule has 3 heteroatoms. The molecule has 0 spiro atoms. The third-order valence-corrected chi connectivity index (χ3v) is 1.93. The summed E-state index contributed by atoms with van der Waals surface area (Å²) in [4.78, 5) is 7.99. The molecule has 14 heavy (non-hydrogen) atoms. The van der Waals surface area contributed by atoms with E-state index in [-0.39, 0.29) is 5.75 Å². The van der Waals surface area contributed by atoms with Crippen molar-refractivity contribution in [3.8, 4) is 16.9 Å². The summed E-state index contributed by atoms with van der Waals surface area (Å²) >= 11 is 0. The van der Waals surface area contributed by atoms with Gasteiger partial charge in [-0.3, -0.25) is 9.97 Å². The van der Waals surface area contributed by atoms with E-state index in [0.717, 1.165) is 16.7 Å². The predicted molar refractivity (Wildman–Crippen MR) is 53.9 cm³/mol. The van der Waals surface area contributed by atoms with Crippen LogP contribution in [0.5, 0.6) is 5.75 Å². The van der Waals surface area contributed by atoms with Crippen molar-refractivity contribution in [1.82, 2.24) is 9.97 Å². The molecule has 0 saturated carbocycles. The van der Waals surface area contributed by atoms with Crippen molar-refractivity contribution in [2.24, 2.45) is 0 Å². The summed E-state index contributed by atoms with van der Waals surface area (Å²) in [5, 5.41) is 9.26. The quantitative estimate of drug-likeness (QED) is 0.742. The molecule has 0 atom stereocenters. The lowest BCUT2D eigenvalue weighted by Gasteiger charge is -2.01. The van der Waals surface area contributed by atoms with Crippen LogP contribution in [0.3, 0.4) is 0 Å². The number of pyridine rings is 2. The first-order valence-corrected chi connectivity index (χ1v) is 4.32. The number of aromatic hydroxyl groups is 1. The fourth-order valence-corrected chi connectivity index (χ4v) is 1.30. The Bertz CT molecular complexity index is 411. The largest absolute Gasteiger partial charge is 0.506 e. The smallest absolute Gasteiger partial charge is 0.134 e. The van der Waals surface area contributed by atoms with E-state index in [4.69, 9.17) is 0 Å². The van der Waals surface area contributed by atoms with Gasteiger partial charge in [0.1, 0.15) is 5.75 Å². The van der Waals surface area contributed by atoms with Gasteiger partial charge in [-0.15, -0.1) is 0 Å². The summed E-state index contributed by atoms with van der Waals surface area (Å²) in [6.07, 6.45) is 6.66. The predicted octanol–water partition coefficient (Wildman–Crippen LogP) is 2.16. The highest BCUT2D eigenvalue weighted by Crippen LogP contribution is 2.21. The number of hydrogen-bond donors (Lipinski definition) is 1. The van der Waals surface area contributed by atoms with Crippen molar-refractivity contribution in [2.45, 2.75) is 6.92 Å². The molecule has 3 nitrogen and oxygen atoms in total. The van der Waals surface area contributed by atoms with Crippen molar-refractivity contribution in [2.75, 3.05) is 0 Å². The van der Waals surface area contributed by atoms with E-state index in [0.29, 0.717) is 0 Å². The Labute approximate surface area is 82.1 Å². The molecule has 0 bridgehead atoms. The van der Waals surface area contributed by atoms with Gasteiger partial charge < -0.3 is 5.11 Å². The maximum Gasteiger partial charge on any atom is 0.134 e. The summed E-state index contributed by atoms with van der Waals surface area (Å²) in [7, 11) is 0. The van der Waals surface area contributed by atoms with E-state index < -0.39 is 0 Å². The first-order chi connectivity index (χ1) is 6.75. The normalized spacial score (nSPS) is 10.1. The summed E-state index contributed by atoms with van der Waals surface area (Å²) in [6, 6.07) is 3.67. The second kappa shape index (κ2) is 3.46. The van der Waals surface area contributed by atoms with Crippen molar-refractivity contribution in [1.29, 1.82) is 0 Å². The molecule has 0 radical (unpaired) electrons. The molecule has 2 heterocycles. The minimum atomic E-state index is 0.170. The zero-order valence-electron chi connectivity index (χ0n) is 7.81. The van der Waals surface area contributed by atoms with E-state index in [1.54, 1.807) is 24.7 Å². The molecule has 2 rings (SSSR count). The number of aromatic nitrogens is 2. The van der Waals surface area contributed by atoms with Crippen LogP contribution in [0.25, 0.3) is 11.1 Å². The maximum atomic E-state index is 9.26. The number of nitrogens with zero attached hydrogens (tertiary/aromatic N) is 2. The van der Waals surface area contributed by atoms with Gasteiger partial charge in [-0.05, 0) is 24.6 Å². The fraction of sp³-hybridized carbons (Fsp3) is 0.0909. The average Bonchev–Trinajstić information content (AvgIpc) is 2.18. The summed E-state index contributed by atoms with van der Waals surface area (Å²) in [6.45, 7) is 1.98. The van der Waals surface area contributed by atoms with Crippen molar-refractivity contribution in [3.05, 3.63) is 42.5 Å². The number of rotatable bonds is 1. The molecule has 2 aromatic heterocycles. The molecular formula is C11H10N2O. The Morgan fingerprint density at radius 3 is 2.21 bits per heavy atom. The van der Waals surface area contributed by atoms with Crippen LogP contribution >= 0.6 is 0 Å². The van der Waals surface area contributed by atoms with Gasteiger partial charge >= 0.3 is 0 Å². The molecule has 70 valence electrons. The van der Waals surface area contributed by atoms with E-state index in [2.05, 4.69) is 9.97 Å². The molecule has 0 aromatic carbocycles. The number of hydrogen-bond acceptors (Lipinski definition) is 3. The van der Waals surface area contributed by atoms with Crippen LogP contribution in [0.4, 0.5) is 0 Å². The second-order valence-corrected chi connectivity index (χ2v) is 3.18. The first-order valence-electron chi connectivity index (χ1n) is 4.32. The van der Waals surface area contributed by atoms with Crippen LogP contribution in [0, 0.1) is 6.92 Å². The summed E-state index contributed by atoms with van der Waals surface area (Å²) < 4.78 is 0. The third kappa shape index (κ3) is 1.71. The van der Waals surface area contributed by atoms with Gasteiger partial charge in [0.15, 0.2) is 0 Å². The monoisotopic (exact) mass is 186 g/mol. The molecule has 0 unspecified atom stereocenters. The van der Waals surface area contributed by atoms with Gasteiger partial charge in [0.05, 0.1) is 6.20 Å². The maximum absolute atomic E-state index is 9.26.